The van der Waals surface area contributed by atoms with Crippen molar-refractivity contribution in [3.8, 4) is 5.75 Å². The number of likely N-dealkylation sites (tertiary alicyclic amines) is 1. The maximum atomic E-state index is 6.35. The number of nitrogens with zero attached hydrogens (tertiary/aromatic N) is 1. The zero-order chi connectivity index (χ0) is 14.3. The lowest BCUT2D eigenvalue weighted by molar-refractivity contribution is 0.0271. The van der Waals surface area contributed by atoms with E-state index in [-0.39, 0.29) is 5.60 Å². The molecule has 3 aliphatic heterocycles. The van der Waals surface area contributed by atoms with E-state index in [1.165, 1.54) is 11.1 Å². The van der Waals surface area contributed by atoms with Gasteiger partial charge in [0.2, 0.25) is 0 Å². The SMILES string of the molecule is CN1CCC2(CC1)Cc1cc(C3COCCN3)ccc1O2. The average Bonchev–Trinajstić information content (AvgIpc) is 2.88. The number of nitrogens with one attached hydrogen (secondary N) is 1. The van der Waals surface area contributed by atoms with Crippen LogP contribution in [0.25, 0.3) is 0 Å². The molecule has 4 rings (SSSR count). The van der Waals surface area contributed by atoms with Crippen molar-refractivity contribution in [2.75, 3.05) is 39.9 Å². The van der Waals surface area contributed by atoms with E-state index in [4.69, 9.17) is 9.47 Å². The summed E-state index contributed by atoms with van der Waals surface area (Å²) < 4.78 is 11.9. The molecule has 1 aromatic carbocycles. The third-order valence-corrected chi connectivity index (χ3v) is 5.15. The molecule has 3 aliphatic rings. The fourth-order valence-corrected chi connectivity index (χ4v) is 3.75. The minimum atomic E-state index is 0.0595. The lowest BCUT2D eigenvalue weighted by Crippen LogP contribution is -2.45. The molecule has 3 heterocycles. The molecule has 0 saturated carbocycles. The number of hydrogen-bond acceptors (Lipinski definition) is 4. The van der Waals surface area contributed by atoms with Crippen molar-refractivity contribution in [2.45, 2.75) is 30.9 Å². The van der Waals surface area contributed by atoms with Crippen molar-refractivity contribution in [2.24, 2.45) is 0 Å². The van der Waals surface area contributed by atoms with Gasteiger partial charge in [0.1, 0.15) is 11.4 Å². The largest absolute Gasteiger partial charge is 0.487 e. The van der Waals surface area contributed by atoms with E-state index in [1.54, 1.807) is 0 Å². The van der Waals surface area contributed by atoms with Crippen LogP contribution in [0.5, 0.6) is 5.75 Å². The molecule has 0 radical (unpaired) electrons. The Kier molecular flexibility index (Phi) is 3.40. The highest BCUT2D eigenvalue weighted by molar-refractivity contribution is 5.43. The normalized spacial score (nSPS) is 28.3. The minimum Gasteiger partial charge on any atom is -0.487 e. The van der Waals surface area contributed by atoms with Crippen LogP contribution in [0.15, 0.2) is 18.2 Å². The standard InChI is InChI=1S/C17H24N2O2/c1-19-7-4-17(5-8-19)11-14-10-13(2-3-16(14)21-17)15-12-20-9-6-18-15/h2-3,10,15,18H,4-9,11-12H2,1H3. The predicted molar refractivity (Wildman–Crippen MR) is 81.8 cm³/mol. The van der Waals surface area contributed by atoms with Crippen LogP contribution in [0.4, 0.5) is 0 Å². The van der Waals surface area contributed by atoms with Gasteiger partial charge >= 0.3 is 0 Å². The fraction of sp³-hybridized carbons (Fsp3) is 0.647. The van der Waals surface area contributed by atoms with Gasteiger partial charge in [0.05, 0.1) is 19.3 Å². The Bertz CT molecular complexity index is 518. The van der Waals surface area contributed by atoms with Crippen LogP contribution in [-0.2, 0) is 11.2 Å². The highest BCUT2D eigenvalue weighted by atomic mass is 16.5. The van der Waals surface area contributed by atoms with E-state index in [0.717, 1.165) is 57.9 Å². The zero-order valence-corrected chi connectivity index (χ0v) is 12.7. The molecule has 0 aliphatic carbocycles. The Morgan fingerprint density at radius 2 is 2.14 bits per heavy atom. The van der Waals surface area contributed by atoms with Gasteiger partial charge in [-0.2, -0.15) is 0 Å². The molecule has 2 fully saturated rings. The number of hydrogen-bond donors (Lipinski definition) is 1. The quantitative estimate of drug-likeness (QED) is 0.853. The number of piperidine rings is 1. The van der Waals surface area contributed by atoms with Crippen molar-refractivity contribution in [1.82, 2.24) is 10.2 Å². The van der Waals surface area contributed by atoms with Gasteiger partial charge in [0.15, 0.2) is 0 Å². The summed E-state index contributed by atoms with van der Waals surface area (Å²) in [5, 5.41) is 3.53. The molecule has 0 bridgehead atoms. The highest BCUT2D eigenvalue weighted by Crippen LogP contribution is 2.41. The molecule has 0 amide bonds. The molecular formula is C17H24N2O2. The Hall–Kier alpha value is -1.10. The van der Waals surface area contributed by atoms with Gasteiger partial charge in [0.25, 0.3) is 0 Å². The molecule has 1 aromatic rings. The first-order valence-electron chi connectivity index (χ1n) is 8.06. The first-order chi connectivity index (χ1) is 10.2. The topological polar surface area (TPSA) is 33.7 Å². The summed E-state index contributed by atoms with van der Waals surface area (Å²) in [6.45, 7) is 4.81. The summed E-state index contributed by atoms with van der Waals surface area (Å²) in [6.07, 6.45) is 3.34. The molecule has 1 unspecified atom stereocenters. The molecule has 114 valence electrons. The highest BCUT2D eigenvalue weighted by Gasteiger charge is 2.41. The van der Waals surface area contributed by atoms with Gasteiger partial charge in [-0.15, -0.1) is 0 Å². The first kappa shape index (κ1) is 13.6. The van der Waals surface area contributed by atoms with Crippen LogP contribution in [0.2, 0.25) is 0 Å². The van der Waals surface area contributed by atoms with Crippen LogP contribution < -0.4 is 10.1 Å². The van der Waals surface area contributed by atoms with Gasteiger partial charge < -0.3 is 19.7 Å². The molecule has 21 heavy (non-hydrogen) atoms. The van der Waals surface area contributed by atoms with E-state index in [1.807, 2.05) is 0 Å². The lowest BCUT2D eigenvalue weighted by atomic mass is 9.87. The summed E-state index contributed by atoms with van der Waals surface area (Å²) in [6, 6.07) is 7.01. The Morgan fingerprint density at radius 1 is 1.29 bits per heavy atom. The number of morpholine rings is 1. The fourth-order valence-electron chi connectivity index (χ4n) is 3.75. The minimum absolute atomic E-state index is 0.0595. The second-order valence-corrected chi connectivity index (χ2v) is 6.71. The van der Waals surface area contributed by atoms with E-state index in [2.05, 4.69) is 35.5 Å². The predicted octanol–water partition coefficient (Wildman–Crippen LogP) is 1.75. The van der Waals surface area contributed by atoms with Crippen molar-refractivity contribution in [3.05, 3.63) is 29.3 Å². The van der Waals surface area contributed by atoms with Gasteiger partial charge in [0, 0.05) is 38.9 Å². The Morgan fingerprint density at radius 3 is 2.90 bits per heavy atom. The number of ether oxygens (including phenoxy) is 2. The lowest BCUT2D eigenvalue weighted by Gasteiger charge is -2.37. The number of fused-ring (bicyclic) bond motifs is 1. The molecule has 1 atom stereocenters. The maximum absolute atomic E-state index is 6.35. The Balaban J connectivity index is 1.53. The van der Waals surface area contributed by atoms with E-state index in [0.29, 0.717) is 6.04 Å². The van der Waals surface area contributed by atoms with E-state index in [9.17, 15) is 0 Å². The van der Waals surface area contributed by atoms with Crippen molar-refractivity contribution < 1.29 is 9.47 Å². The molecule has 1 spiro atoms. The third kappa shape index (κ3) is 2.56. The van der Waals surface area contributed by atoms with Gasteiger partial charge in [-0.3, -0.25) is 0 Å². The van der Waals surface area contributed by atoms with Crippen LogP contribution in [0.3, 0.4) is 0 Å². The van der Waals surface area contributed by atoms with Crippen LogP contribution in [0.1, 0.15) is 30.0 Å². The molecule has 1 N–H and O–H groups in total. The average molecular weight is 288 g/mol. The molecular weight excluding hydrogens is 264 g/mol. The first-order valence-corrected chi connectivity index (χ1v) is 8.06. The number of rotatable bonds is 1. The van der Waals surface area contributed by atoms with Crippen LogP contribution >= 0.6 is 0 Å². The van der Waals surface area contributed by atoms with Gasteiger partial charge in [-0.25, -0.2) is 0 Å². The second-order valence-electron chi connectivity index (χ2n) is 6.71. The molecule has 4 heteroatoms. The Labute approximate surface area is 126 Å². The van der Waals surface area contributed by atoms with Crippen LogP contribution in [-0.4, -0.2) is 50.4 Å². The van der Waals surface area contributed by atoms with E-state index < -0.39 is 0 Å². The summed E-state index contributed by atoms with van der Waals surface area (Å²) in [4.78, 5) is 2.40. The zero-order valence-electron chi connectivity index (χ0n) is 12.7. The smallest absolute Gasteiger partial charge is 0.123 e. The second kappa shape index (κ2) is 5.27. The summed E-state index contributed by atoms with van der Waals surface area (Å²) in [7, 11) is 2.20. The maximum Gasteiger partial charge on any atom is 0.123 e. The molecule has 4 nitrogen and oxygen atoms in total. The van der Waals surface area contributed by atoms with Crippen LogP contribution in [0, 0.1) is 0 Å². The van der Waals surface area contributed by atoms with Gasteiger partial charge in [-0.1, -0.05) is 12.1 Å². The monoisotopic (exact) mass is 288 g/mol. The van der Waals surface area contributed by atoms with E-state index >= 15 is 0 Å². The van der Waals surface area contributed by atoms with Crippen molar-refractivity contribution in [3.63, 3.8) is 0 Å². The molecule has 2 saturated heterocycles. The van der Waals surface area contributed by atoms with Crippen molar-refractivity contribution >= 4 is 0 Å². The molecule has 0 aromatic heterocycles. The van der Waals surface area contributed by atoms with Gasteiger partial charge in [-0.05, 0) is 24.2 Å². The summed E-state index contributed by atoms with van der Waals surface area (Å²) in [5.41, 5.74) is 2.77. The summed E-state index contributed by atoms with van der Waals surface area (Å²) in [5.74, 6) is 1.10. The third-order valence-electron chi connectivity index (χ3n) is 5.15. The summed E-state index contributed by atoms with van der Waals surface area (Å²) >= 11 is 0. The van der Waals surface area contributed by atoms with Crippen molar-refractivity contribution in [1.29, 1.82) is 0 Å². The number of benzene rings is 1.